The topological polar surface area (TPSA) is 26.3 Å². The fourth-order valence-electron chi connectivity index (χ4n) is 3.28. The maximum absolute atomic E-state index is 10.9. The van der Waals surface area contributed by atoms with Gasteiger partial charge in [-0.2, -0.15) is 0 Å². The number of alkyl halides is 2. The van der Waals surface area contributed by atoms with Gasteiger partial charge in [0.1, 0.15) is 0 Å². The van der Waals surface area contributed by atoms with E-state index < -0.39 is 0 Å². The normalized spacial score (nSPS) is 11.5. The zero-order valence-corrected chi connectivity index (χ0v) is 20.3. The minimum Gasteiger partial charge on any atom is -0.463 e. The van der Waals surface area contributed by atoms with E-state index in [1.807, 2.05) is 0 Å². The van der Waals surface area contributed by atoms with Crippen LogP contribution in [0.25, 0.3) is 0 Å². The molecule has 0 aromatic heterocycles. The summed E-state index contributed by atoms with van der Waals surface area (Å²) in [6, 6.07) is 1.31. The second-order valence-electron chi connectivity index (χ2n) is 7.56. The third-order valence-corrected chi connectivity index (χ3v) is 7.63. The Morgan fingerprint density at radius 2 is 1.11 bits per heavy atom. The third kappa shape index (κ3) is 24.0. The Balaban J connectivity index is 3.03. The minimum absolute atomic E-state index is 0.0365. The molecule has 0 amide bonds. The molecule has 160 valence electrons. The van der Waals surface area contributed by atoms with Crippen molar-refractivity contribution >= 4 is 38.7 Å². The lowest BCUT2D eigenvalue weighted by Gasteiger charge is -2.04. The summed E-state index contributed by atoms with van der Waals surface area (Å²) in [6.07, 6.45) is 22.6. The van der Waals surface area contributed by atoms with E-state index in [9.17, 15) is 4.79 Å². The number of hydrogen-bond donors (Lipinski definition) is 0. The van der Waals surface area contributed by atoms with E-state index in [2.05, 4.69) is 6.58 Å². The molecule has 0 N–H and O–H groups in total. The molecule has 0 aromatic carbocycles. The second-order valence-corrected chi connectivity index (χ2v) is 12.0. The van der Waals surface area contributed by atoms with Crippen molar-refractivity contribution in [3.63, 3.8) is 0 Å². The Morgan fingerprint density at radius 1 is 0.741 bits per heavy atom. The molecule has 0 saturated carbocycles. The number of ether oxygens (including phenoxy) is 1. The van der Waals surface area contributed by atoms with Crippen LogP contribution < -0.4 is 0 Å². The van der Waals surface area contributed by atoms with Crippen molar-refractivity contribution in [2.75, 3.05) is 6.61 Å². The number of rotatable bonds is 21. The Morgan fingerprint density at radius 3 is 1.48 bits per heavy atom. The summed E-state index contributed by atoms with van der Waals surface area (Å²) in [5.41, 5.74) is 0. The van der Waals surface area contributed by atoms with Gasteiger partial charge < -0.3 is 4.74 Å². The number of esters is 1. The van der Waals surface area contributed by atoms with Crippen LogP contribution in [0, 0.1) is 0 Å². The van der Waals surface area contributed by atoms with E-state index in [1.165, 1.54) is 102 Å². The van der Waals surface area contributed by atoms with Crippen molar-refractivity contribution in [3.8, 4) is 0 Å². The molecule has 27 heavy (non-hydrogen) atoms. The number of halogens is 2. The quantitative estimate of drug-likeness (QED) is 0.0619. The zero-order chi connectivity index (χ0) is 20.0. The smallest absolute Gasteiger partial charge is 0.330 e. The molecule has 0 radical (unpaired) electrons. The second kappa shape index (κ2) is 22.3. The largest absolute Gasteiger partial charge is 0.463 e. The molecule has 5 heteroatoms. The molecule has 0 heterocycles. The molecule has 0 aliphatic rings. The first kappa shape index (κ1) is 27.0. The molecule has 0 aliphatic heterocycles. The van der Waals surface area contributed by atoms with Crippen LogP contribution in [0.3, 0.4) is 0 Å². The molecule has 0 aromatic rings. The lowest BCUT2D eigenvalue weighted by molar-refractivity contribution is -0.137. The number of carbonyl (C=O) groups is 1. The van der Waals surface area contributed by atoms with Gasteiger partial charge in [-0.05, 0) is 6.42 Å². The third-order valence-electron chi connectivity index (χ3n) is 4.98. The van der Waals surface area contributed by atoms with E-state index in [4.69, 9.17) is 27.9 Å². The van der Waals surface area contributed by atoms with Crippen molar-refractivity contribution in [2.24, 2.45) is 0 Å². The summed E-state index contributed by atoms with van der Waals surface area (Å²) in [5, 5.41) is 0. The van der Waals surface area contributed by atoms with Crippen molar-refractivity contribution < 1.29 is 9.53 Å². The van der Waals surface area contributed by atoms with Gasteiger partial charge >= 0.3 is 5.97 Å². The van der Waals surface area contributed by atoms with Gasteiger partial charge in [0.2, 0.25) is 0 Å². The summed E-state index contributed by atoms with van der Waals surface area (Å²) in [6.45, 7) is 3.92. The van der Waals surface area contributed by atoms with Crippen LogP contribution in [0.2, 0.25) is 6.04 Å². The average Bonchev–Trinajstić information content (AvgIpc) is 2.65. The zero-order valence-electron chi connectivity index (χ0n) is 17.4. The fraction of sp³-hybridized carbons (Fsp3) is 0.864. The molecule has 2 nitrogen and oxygen atoms in total. The van der Waals surface area contributed by atoms with Crippen molar-refractivity contribution in [1.82, 2.24) is 0 Å². The average molecular weight is 438 g/mol. The summed E-state index contributed by atoms with van der Waals surface area (Å²) in [7, 11) is -0.213. The van der Waals surface area contributed by atoms with Gasteiger partial charge in [0, 0.05) is 6.08 Å². The van der Waals surface area contributed by atoms with Crippen molar-refractivity contribution in [2.45, 2.75) is 113 Å². The highest BCUT2D eigenvalue weighted by atomic mass is 35.5. The number of unbranched alkanes of at least 4 members (excludes halogenated alkanes) is 15. The Bertz CT molecular complexity index is 338. The molecule has 0 unspecified atom stereocenters. The van der Waals surface area contributed by atoms with Gasteiger partial charge in [-0.15, -0.1) is 23.2 Å². The predicted octanol–water partition coefficient (Wildman–Crippen LogP) is 7.31. The van der Waals surface area contributed by atoms with Crippen LogP contribution in [0.5, 0.6) is 0 Å². The summed E-state index contributed by atoms with van der Waals surface area (Å²) in [5.74, 6) is -0.306. The van der Waals surface area contributed by atoms with E-state index >= 15 is 0 Å². The van der Waals surface area contributed by atoms with Gasteiger partial charge in [0.05, 0.1) is 20.6 Å². The van der Waals surface area contributed by atoms with Gasteiger partial charge in [-0.3, -0.25) is 0 Å². The minimum atomic E-state index is -0.306. The highest BCUT2D eigenvalue weighted by Crippen LogP contribution is 2.14. The van der Waals surface area contributed by atoms with E-state index in [0.717, 1.165) is 12.8 Å². The molecule has 0 saturated heterocycles. The Hall–Kier alpha value is 0.00688. The highest BCUT2D eigenvalue weighted by Gasteiger charge is 1.99. The molecule has 0 fully saturated rings. The Kier molecular flexibility index (Phi) is 22.3. The maximum atomic E-state index is 10.9. The van der Waals surface area contributed by atoms with Crippen LogP contribution in [-0.4, -0.2) is 26.6 Å². The standard InChI is InChI=1S/C22H42Cl2O2Si/c1-2-21(25)26-19-17-15-13-11-9-7-5-3-4-6-8-10-12-14-16-18-20-27-22(23)24/h2,22H,1,3-20,27H2. The first-order chi connectivity index (χ1) is 13.2. The lowest BCUT2D eigenvalue weighted by Crippen LogP contribution is -2.01. The first-order valence-electron chi connectivity index (χ1n) is 11.2. The monoisotopic (exact) mass is 436 g/mol. The molecular weight excluding hydrogens is 395 g/mol. The predicted molar refractivity (Wildman–Crippen MR) is 124 cm³/mol. The summed E-state index contributed by atoms with van der Waals surface area (Å²) in [4.78, 5) is 10.9. The van der Waals surface area contributed by atoms with Crippen LogP contribution in [-0.2, 0) is 9.53 Å². The molecule has 0 atom stereocenters. The van der Waals surface area contributed by atoms with E-state index in [1.54, 1.807) is 0 Å². The molecule has 0 rings (SSSR count). The van der Waals surface area contributed by atoms with Crippen LogP contribution in [0.4, 0.5) is 0 Å². The number of carbonyl (C=O) groups excluding carboxylic acids is 1. The maximum Gasteiger partial charge on any atom is 0.330 e. The Labute approximate surface area is 180 Å². The van der Waals surface area contributed by atoms with E-state index in [-0.39, 0.29) is 19.9 Å². The first-order valence-corrected chi connectivity index (χ1v) is 13.9. The molecule has 0 spiro atoms. The van der Waals surface area contributed by atoms with Gasteiger partial charge in [-0.25, -0.2) is 4.79 Å². The van der Waals surface area contributed by atoms with E-state index in [0.29, 0.717) is 6.61 Å². The number of hydrogen-bond acceptors (Lipinski definition) is 2. The van der Waals surface area contributed by atoms with Gasteiger partial charge in [-0.1, -0.05) is 109 Å². The fourth-order valence-corrected chi connectivity index (χ4v) is 5.16. The highest BCUT2D eigenvalue weighted by molar-refractivity contribution is 6.68. The van der Waals surface area contributed by atoms with Crippen molar-refractivity contribution in [1.29, 1.82) is 0 Å². The lowest BCUT2D eigenvalue weighted by atomic mass is 10.0. The molecule has 0 bridgehead atoms. The summed E-state index contributed by atoms with van der Waals surface area (Å²) < 4.78 is 4.93. The van der Waals surface area contributed by atoms with Crippen molar-refractivity contribution in [3.05, 3.63) is 12.7 Å². The van der Waals surface area contributed by atoms with Gasteiger partial charge in [0.15, 0.2) is 0 Å². The SMILES string of the molecule is C=CC(=O)OCCCCCCCCCCCCCCCCCC[SiH2]C(Cl)Cl. The molecule has 0 aliphatic carbocycles. The van der Waals surface area contributed by atoms with Crippen LogP contribution in [0.15, 0.2) is 12.7 Å². The van der Waals surface area contributed by atoms with Crippen LogP contribution in [0.1, 0.15) is 103 Å². The molecular formula is C22H42Cl2O2Si. The van der Waals surface area contributed by atoms with Gasteiger partial charge in [0.25, 0.3) is 0 Å². The van der Waals surface area contributed by atoms with Crippen LogP contribution >= 0.6 is 23.2 Å². The summed E-state index contributed by atoms with van der Waals surface area (Å²) >= 11 is 11.6.